The SMILES string of the molecule is CCc1nn(C)c2c1nc(N)n2Cc1c(C)noc1C. The van der Waals surface area contributed by atoms with E-state index in [2.05, 4.69) is 22.2 Å². The molecule has 3 rings (SSSR count). The number of nitrogens with zero attached hydrogens (tertiary/aromatic N) is 5. The number of imidazole rings is 1. The van der Waals surface area contributed by atoms with E-state index in [0.29, 0.717) is 12.5 Å². The lowest BCUT2D eigenvalue weighted by molar-refractivity contribution is 0.392. The normalized spacial score (nSPS) is 11.6. The lowest BCUT2D eigenvalue weighted by Gasteiger charge is -2.06. The topological polar surface area (TPSA) is 87.7 Å². The van der Waals surface area contributed by atoms with Gasteiger partial charge in [-0.2, -0.15) is 5.10 Å². The van der Waals surface area contributed by atoms with Crippen molar-refractivity contribution < 1.29 is 4.52 Å². The van der Waals surface area contributed by atoms with Crippen molar-refractivity contribution in [1.82, 2.24) is 24.5 Å². The van der Waals surface area contributed by atoms with Crippen LogP contribution in [0.5, 0.6) is 0 Å². The molecule has 0 aliphatic heterocycles. The summed E-state index contributed by atoms with van der Waals surface area (Å²) in [5, 5.41) is 8.46. The molecule has 7 nitrogen and oxygen atoms in total. The molecule has 0 unspecified atom stereocenters. The van der Waals surface area contributed by atoms with E-state index in [1.54, 1.807) is 0 Å². The van der Waals surface area contributed by atoms with Gasteiger partial charge in [-0.15, -0.1) is 0 Å². The van der Waals surface area contributed by atoms with Crippen LogP contribution in [0.2, 0.25) is 0 Å². The number of nitrogens with two attached hydrogens (primary N) is 1. The van der Waals surface area contributed by atoms with Crippen LogP contribution in [0, 0.1) is 13.8 Å². The zero-order valence-corrected chi connectivity index (χ0v) is 12.1. The summed E-state index contributed by atoms with van der Waals surface area (Å²) in [7, 11) is 1.91. The highest BCUT2D eigenvalue weighted by Crippen LogP contribution is 2.24. The molecule has 0 amide bonds. The van der Waals surface area contributed by atoms with E-state index < -0.39 is 0 Å². The van der Waals surface area contributed by atoms with Gasteiger partial charge in [-0.1, -0.05) is 12.1 Å². The summed E-state index contributed by atoms with van der Waals surface area (Å²) in [4.78, 5) is 4.45. The summed E-state index contributed by atoms with van der Waals surface area (Å²) < 4.78 is 8.99. The second-order valence-corrected chi connectivity index (χ2v) is 4.95. The lowest BCUT2D eigenvalue weighted by Crippen LogP contribution is -2.09. The molecule has 0 atom stereocenters. The van der Waals surface area contributed by atoms with E-state index in [1.807, 2.05) is 30.1 Å². The van der Waals surface area contributed by atoms with Crippen LogP contribution >= 0.6 is 0 Å². The van der Waals surface area contributed by atoms with E-state index in [9.17, 15) is 0 Å². The van der Waals surface area contributed by atoms with Gasteiger partial charge < -0.3 is 10.3 Å². The van der Waals surface area contributed by atoms with Crippen LogP contribution < -0.4 is 5.73 Å². The molecule has 0 radical (unpaired) electrons. The van der Waals surface area contributed by atoms with Crippen molar-refractivity contribution in [3.05, 3.63) is 22.7 Å². The average molecular weight is 274 g/mol. The molecule has 0 aliphatic rings. The number of aromatic nitrogens is 5. The highest BCUT2D eigenvalue weighted by Gasteiger charge is 2.19. The molecule has 20 heavy (non-hydrogen) atoms. The summed E-state index contributed by atoms with van der Waals surface area (Å²) in [6.45, 7) is 6.48. The summed E-state index contributed by atoms with van der Waals surface area (Å²) in [6, 6.07) is 0. The average Bonchev–Trinajstić information content (AvgIpc) is 3.00. The summed E-state index contributed by atoms with van der Waals surface area (Å²) in [6.07, 6.45) is 0.832. The number of rotatable bonds is 3. The Morgan fingerprint density at radius 2 is 2.05 bits per heavy atom. The van der Waals surface area contributed by atoms with Crippen molar-refractivity contribution in [3.8, 4) is 0 Å². The second kappa shape index (κ2) is 4.36. The Hall–Kier alpha value is -2.31. The van der Waals surface area contributed by atoms with Crippen LogP contribution in [0.3, 0.4) is 0 Å². The molecule has 0 spiro atoms. The maximum absolute atomic E-state index is 6.07. The third kappa shape index (κ3) is 1.70. The fourth-order valence-corrected chi connectivity index (χ4v) is 2.54. The third-order valence-corrected chi connectivity index (χ3v) is 3.65. The first-order chi connectivity index (χ1) is 9.52. The predicted octanol–water partition coefficient (Wildman–Crippen LogP) is 1.57. The number of nitrogen functional groups attached to an aromatic ring is 1. The van der Waals surface area contributed by atoms with Crippen molar-refractivity contribution in [2.24, 2.45) is 7.05 Å². The first kappa shape index (κ1) is 12.7. The second-order valence-electron chi connectivity index (χ2n) is 4.95. The molecule has 0 aromatic carbocycles. The van der Waals surface area contributed by atoms with E-state index in [-0.39, 0.29) is 0 Å². The van der Waals surface area contributed by atoms with Gasteiger partial charge in [0, 0.05) is 12.6 Å². The van der Waals surface area contributed by atoms with Crippen molar-refractivity contribution in [3.63, 3.8) is 0 Å². The zero-order chi connectivity index (χ0) is 14.4. The molecule has 3 aromatic heterocycles. The maximum atomic E-state index is 6.07. The molecule has 3 heterocycles. The summed E-state index contributed by atoms with van der Waals surface area (Å²) in [5.41, 5.74) is 10.7. The van der Waals surface area contributed by atoms with Crippen LogP contribution in [-0.4, -0.2) is 24.5 Å². The minimum Gasteiger partial charge on any atom is -0.369 e. The fraction of sp³-hybridized carbons (Fsp3) is 0.462. The van der Waals surface area contributed by atoms with Crippen LogP contribution in [0.15, 0.2) is 4.52 Å². The molecule has 3 aromatic rings. The van der Waals surface area contributed by atoms with Crippen LogP contribution in [0.4, 0.5) is 5.95 Å². The van der Waals surface area contributed by atoms with Crippen molar-refractivity contribution in [2.75, 3.05) is 5.73 Å². The quantitative estimate of drug-likeness (QED) is 0.783. The smallest absolute Gasteiger partial charge is 0.202 e. The Balaban J connectivity index is 2.17. The van der Waals surface area contributed by atoms with Crippen molar-refractivity contribution in [2.45, 2.75) is 33.7 Å². The van der Waals surface area contributed by atoms with E-state index in [0.717, 1.165) is 40.3 Å². The molecule has 0 saturated carbocycles. The number of fused-ring (bicyclic) bond motifs is 1. The van der Waals surface area contributed by atoms with Gasteiger partial charge in [-0.05, 0) is 20.3 Å². The molecule has 0 bridgehead atoms. The Kier molecular flexibility index (Phi) is 2.77. The standard InChI is InChI=1S/C13H18N6O/c1-5-10-11-12(18(4)16-10)19(13(14)15-11)6-9-7(2)17-20-8(9)3/h5-6H2,1-4H3,(H2,14,15). The summed E-state index contributed by atoms with van der Waals surface area (Å²) >= 11 is 0. The van der Waals surface area contributed by atoms with Gasteiger partial charge in [0.15, 0.2) is 5.65 Å². The van der Waals surface area contributed by atoms with Gasteiger partial charge in [0.25, 0.3) is 0 Å². The zero-order valence-electron chi connectivity index (χ0n) is 12.1. The number of anilines is 1. The lowest BCUT2D eigenvalue weighted by atomic mass is 10.2. The minimum atomic E-state index is 0.489. The maximum Gasteiger partial charge on any atom is 0.202 e. The van der Waals surface area contributed by atoms with E-state index in [4.69, 9.17) is 10.3 Å². The molecule has 7 heteroatoms. The van der Waals surface area contributed by atoms with E-state index in [1.165, 1.54) is 0 Å². The van der Waals surface area contributed by atoms with Crippen LogP contribution in [-0.2, 0) is 20.0 Å². The Morgan fingerprint density at radius 3 is 2.65 bits per heavy atom. The van der Waals surface area contributed by atoms with Gasteiger partial charge in [-0.3, -0.25) is 9.25 Å². The van der Waals surface area contributed by atoms with Crippen LogP contribution in [0.25, 0.3) is 11.2 Å². The van der Waals surface area contributed by atoms with Gasteiger partial charge in [-0.25, -0.2) is 4.98 Å². The molecule has 0 saturated heterocycles. The Bertz CT molecular complexity index is 759. The van der Waals surface area contributed by atoms with Gasteiger partial charge >= 0.3 is 0 Å². The monoisotopic (exact) mass is 274 g/mol. The van der Waals surface area contributed by atoms with Gasteiger partial charge in [0.1, 0.15) is 11.3 Å². The number of hydrogen-bond acceptors (Lipinski definition) is 5. The van der Waals surface area contributed by atoms with Gasteiger partial charge in [0.05, 0.1) is 17.9 Å². The summed E-state index contributed by atoms with van der Waals surface area (Å²) in [5.74, 6) is 1.30. The molecular weight excluding hydrogens is 256 g/mol. The first-order valence-electron chi connectivity index (χ1n) is 6.62. The fourth-order valence-electron chi connectivity index (χ4n) is 2.54. The predicted molar refractivity (Wildman–Crippen MR) is 75.4 cm³/mol. The molecule has 2 N–H and O–H groups in total. The Labute approximate surface area is 116 Å². The highest BCUT2D eigenvalue weighted by molar-refractivity contribution is 5.77. The highest BCUT2D eigenvalue weighted by atomic mass is 16.5. The molecule has 0 aliphatic carbocycles. The minimum absolute atomic E-state index is 0.489. The van der Waals surface area contributed by atoms with E-state index >= 15 is 0 Å². The first-order valence-corrected chi connectivity index (χ1v) is 6.62. The Morgan fingerprint density at radius 1 is 1.30 bits per heavy atom. The number of hydrogen-bond donors (Lipinski definition) is 1. The van der Waals surface area contributed by atoms with Gasteiger partial charge in [0.2, 0.25) is 5.95 Å². The molecule has 106 valence electrons. The number of aryl methyl sites for hydroxylation is 4. The van der Waals surface area contributed by atoms with Crippen LogP contribution in [0.1, 0.15) is 29.6 Å². The van der Waals surface area contributed by atoms with Crippen molar-refractivity contribution in [1.29, 1.82) is 0 Å². The third-order valence-electron chi connectivity index (χ3n) is 3.65. The largest absolute Gasteiger partial charge is 0.369 e. The van der Waals surface area contributed by atoms with Crippen molar-refractivity contribution >= 4 is 17.1 Å². The molecular formula is C13H18N6O. The molecule has 0 fully saturated rings.